The van der Waals surface area contributed by atoms with Crippen molar-refractivity contribution in [2.45, 2.75) is 37.8 Å². The average Bonchev–Trinajstić information content (AvgIpc) is 3.40. The van der Waals surface area contributed by atoms with E-state index in [1.165, 1.54) is 6.39 Å². The van der Waals surface area contributed by atoms with Crippen molar-refractivity contribution in [2.24, 2.45) is 0 Å². The van der Waals surface area contributed by atoms with Crippen molar-refractivity contribution in [2.75, 3.05) is 24.3 Å². The molecule has 174 valence electrons. The maximum Gasteiger partial charge on any atom is 0.251 e. The molecule has 2 aromatic heterocycles. The molecule has 2 N–H and O–H groups in total. The summed E-state index contributed by atoms with van der Waals surface area (Å²) in [5.74, 6) is 2.20. The molecule has 0 saturated heterocycles. The van der Waals surface area contributed by atoms with Crippen LogP contribution < -0.4 is 15.5 Å². The third-order valence-corrected chi connectivity index (χ3v) is 6.27. The fourth-order valence-electron chi connectivity index (χ4n) is 4.44. The van der Waals surface area contributed by atoms with Crippen LogP contribution >= 0.6 is 0 Å². The predicted molar refractivity (Wildman–Crippen MR) is 133 cm³/mol. The van der Waals surface area contributed by atoms with E-state index in [2.05, 4.69) is 15.6 Å². The van der Waals surface area contributed by atoms with Crippen molar-refractivity contribution in [1.82, 2.24) is 20.3 Å². The Labute approximate surface area is 198 Å². The van der Waals surface area contributed by atoms with Crippen LogP contribution in [0.3, 0.4) is 0 Å². The number of hydrogen-bond acceptors (Lipinski definition) is 7. The van der Waals surface area contributed by atoms with Gasteiger partial charge in [-0.1, -0.05) is 24.3 Å². The Morgan fingerprint density at radius 2 is 1.71 bits per heavy atom. The smallest absolute Gasteiger partial charge is 0.251 e. The molecular formula is C26H28N6O2. The molecule has 1 aliphatic rings. The summed E-state index contributed by atoms with van der Waals surface area (Å²) in [5, 5.41) is 7.74. The maximum absolute atomic E-state index is 12.7. The Morgan fingerprint density at radius 1 is 0.971 bits per heavy atom. The second-order valence-electron chi connectivity index (χ2n) is 8.89. The highest BCUT2D eigenvalue weighted by Gasteiger charge is 2.24. The number of oxazole rings is 1. The van der Waals surface area contributed by atoms with Crippen LogP contribution in [0.1, 0.15) is 36.0 Å². The van der Waals surface area contributed by atoms with Gasteiger partial charge in [0.25, 0.3) is 5.91 Å². The van der Waals surface area contributed by atoms with E-state index < -0.39 is 0 Å². The molecule has 0 aliphatic heterocycles. The number of aromatic nitrogens is 3. The summed E-state index contributed by atoms with van der Waals surface area (Å²) >= 11 is 0. The number of carbonyl (C=O) groups is 1. The first-order chi connectivity index (χ1) is 16.6. The highest BCUT2D eigenvalue weighted by molar-refractivity contribution is 5.94. The second-order valence-corrected chi connectivity index (χ2v) is 8.89. The molecule has 0 unspecified atom stereocenters. The van der Waals surface area contributed by atoms with E-state index in [1.807, 2.05) is 67.5 Å². The highest BCUT2D eigenvalue weighted by Crippen LogP contribution is 2.26. The lowest BCUT2D eigenvalue weighted by Crippen LogP contribution is -2.40. The van der Waals surface area contributed by atoms with Gasteiger partial charge in [-0.05, 0) is 49.9 Å². The van der Waals surface area contributed by atoms with Gasteiger partial charge in [-0.3, -0.25) is 4.79 Å². The molecule has 4 aromatic rings. The molecule has 34 heavy (non-hydrogen) atoms. The molecule has 1 amide bonds. The van der Waals surface area contributed by atoms with Gasteiger partial charge in [0.15, 0.2) is 12.2 Å². The van der Waals surface area contributed by atoms with E-state index in [4.69, 9.17) is 14.4 Å². The molecule has 1 saturated carbocycles. The van der Waals surface area contributed by atoms with Crippen molar-refractivity contribution in [3.63, 3.8) is 0 Å². The summed E-state index contributed by atoms with van der Waals surface area (Å²) in [7, 11) is 3.99. The summed E-state index contributed by atoms with van der Waals surface area (Å²) in [6.45, 7) is 0. The zero-order valence-electron chi connectivity index (χ0n) is 19.4. The van der Waals surface area contributed by atoms with E-state index in [1.54, 1.807) is 6.20 Å². The van der Waals surface area contributed by atoms with E-state index in [-0.39, 0.29) is 18.0 Å². The quantitative estimate of drug-likeness (QED) is 0.441. The van der Waals surface area contributed by atoms with Gasteiger partial charge in [0.2, 0.25) is 5.95 Å². The third kappa shape index (κ3) is 4.71. The monoisotopic (exact) mass is 456 g/mol. The van der Waals surface area contributed by atoms with Gasteiger partial charge in [0.05, 0.1) is 11.7 Å². The van der Waals surface area contributed by atoms with Crippen molar-refractivity contribution in [3.8, 4) is 11.3 Å². The Morgan fingerprint density at radius 3 is 2.41 bits per heavy atom. The normalized spacial score (nSPS) is 17.9. The second kappa shape index (κ2) is 9.51. The molecule has 8 nitrogen and oxygen atoms in total. The zero-order chi connectivity index (χ0) is 23.5. The molecule has 0 radical (unpaired) electrons. The SMILES string of the molecule is CN(C)c1nc(NC2CCC(NC(=O)c3ccc(-c4cnco4)cc3)CC2)nc2ccccc12. The van der Waals surface area contributed by atoms with Gasteiger partial charge in [0.1, 0.15) is 5.82 Å². The van der Waals surface area contributed by atoms with E-state index in [0.29, 0.717) is 17.3 Å². The van der Waals surface area contributed by atoms with Crippen molar-refractivity contribution in [3.05, 3.63) is 66.7 Å². The molecule has 2 aromatic carbocycles. The highest BCUT2D eigenvalue weighted by atomic mass is 16.3. The Hall–Kier alpha value is -3.94. The van der Waals surface area contributed by atoms with Crippen LogP contribution in [-0.2, 0) is 0 Å². The van der Waals surface area contributed by atoms with Gasteiger partial charge in [-0.2, -0.15) is 4.98 Å². The molecule has 5 rings (SSSR count). The Kier molecular flexibility index (Phi) is 6.12. The van der Waals surface area contributed by atoms with Crippen molar-refractivity contribution in [1.29, 1.82) is 0 Å². The fraction of sp³-hybridized carbons (Fsp3) is 0.308. The molecule has 2 heterocycles. The fourth-order valence-corrected chi connectivity index (χ4v) is 4.44. The number of fused-ring (bicyclic) bond motifs is 1. The summed E-state index contributed by atoms with van der Waals surface area (Å²) in [4.78, 5) is 28.1. The van der Waals surface area contributed by atoms with Gasteiger partial charge < -0.3 is 20.0 Å². The molecule has 0 spiro atoms. The van der Waals surface area contributed by atoms with E-state index in [9.17, 15) is 4.79 Å². The van der Waals surface area contributed by atoms with E-state index >= 15 is 0 Å². The average molecular weight is 457 g/mol. The summed E-state index contributed by atoms with van der Waals surface area (Å²) in [5.41, 5.74) is 2.47. The molecular weight excluding hydrogens is 428 g/mol. The lowest BCUT2D eigenvalue weighted by molar-refractivity contribution is 0.0926. The first kappa shape index (κ1) is 21.9. The first-order valence-corrected chi connectivity index (χ1v) is 11.6. The number of para-hydroxylation sites is 1. The minimum Gasteiger partial charge on any atom is -0.444 e. The number of nitrogens with zero attached hydrogens (tertiary/aromatic N) is 4. The Bertz CT molecular complexity index is 1260. The summed E-state index contributed by atoms with van der Waals surface area (Å²) < 4.78 is 5.30. The lowest BCUT2D eigenvalue weighted by Gasteiger charge is -2.30. The van der Waals surface area contributed by atoms with Crippen LogP contribution in [-0.4, -0.2) is 47.0 Å². The van der Waals surface area contributed by atoms with Gasteiger partial charge in [-0.25, -0.2) is 9.97 Å². The molecule has 0 atom stereocenters. The predicted octanol–water partition coefficient (Wildman–Crippen LogP) is 4.50. The zero-order valence-corrected chi connectivity index (χ0v) is 19.4. The van der Waals surface area contributed by atoms with Crippen molar-refractivity contribution < 1.29 is 9.21 Å². The lowest BCUT2D eigenvalue weighted by atomic mass is 9.91. The molecule has 0 bridgehead atoms. The van der Waals surface area contributed by atoms with E-state index in [0.717, 1.165) is 48.0 Å². The molecule has 1 fully saturated rings. The van der Waals surface area contributed by atoms with Crippen LogP contribution in [0, 0.1) is 0 Å². The summed E-state index contributed by atoms with van der Waals surface area (Å²) in [6, 6.07) is 15.9. The standard InChI is InChI=1S/C26H28N6O2/c1-32(2)24-21-5-3-4-6-22(21)30-26(31-24)29-20-13-11-19(12-14-20)28-25(33)18-9-7-17(8-10-18)23-15-27-16-34-23/h3-10,15-16,19-20H,11-14H2,1-2H3,(H,28,33)(H,29,30,31). The minimum absolute atomic E-state index is 0.0472. The molecule has 8 heteroatoms. The van der Waals surface area contributed by atoms with Crippen LogP contribution in [0.15, 0.2) is 65.5 Å². The number of anilines is 2. The van der Waals surface area contributed by atoms with Crippen LogP contribution in [0.2, 0.25) is 0 Å². The first-order valence-electron chi connectivity index (χ1n) is 11.6. The number of carbonyl (C=O) groups excluding carboxylic acids is 1. The number of rotatable bonds is 6. The number of nitrogens with one attached hydrogen (secondary N) is 2. The molecule has 1 aliphatic carbocycles. The number of amides is 1. The van der Waals surface area contributed by atoms with Crippen LogP contribution in [0.25, 0.3) is 22.2 Å². The third-order valence-electron chi connectivity index (χ3n) is 6.27. The van der Waals surface area contributed by atoms with Gasteiger partial charge in [-0.15, -0.1) is 0 Å². The topological polar surface area (TPSA) is 96.2 Å². The van der Waals surface area contributed by atoms with Crippen LogP contribution in [0.4, 0.5) is 11.8 Å². The van der Waals surface area contributed by atoms with Gasteiger partial charge in [0, 0.05) is 42.7 Å². The summed E-state index contributed by atoms with van der Waals surface area (Å²) in [6.07, 6.45) is 6.77. The minimum atomic E-state index is -0.0472. The number of hydrogen-bond donors (Lipinski definition) is 2. The van der Waals surface area contributed by atoms with Crippen LogP contribution in [0.5, 0.6) is 0 Å². The maximum atomic E-state index is 12.7. The van der Waals surface area contributed by atoms with Crippen molar-refractivity contribution >= 4 is 28.6 Å². The number of benzene rings is 2. The Balaban J connectivity index is 1.17. The van der Waals surface area contributed by atoms with Gasteiger partial charge >= 0.3 is 0 Å². The largest absolute Gasteiger partial charge is 0.444 e.